The number of amides is 1. The summed E-state index contributed by atoms with van der Waals surface area (Å²) in [5, 5.41) is 0.838. The van der Waals surface area contributed by atoms with Gasteiger partial charge in [0.2, 0.25) is 0 Å². The molecule has 1 aromatic rings. The molecular formula is C13H15Br2NO. The van der Waals surface area contributed by atoms with Crippen LogP contribution in [0.2, 0.25) is 0 Å². The fourth-order valence-electron chi connectivity index (χ4n) is 1.95. The van der Waals surface area contributed by atoms with Gasteiger partial charge >= 0.3 is 0 Å². The molecule has 1 amide bonds. The van der Waals surface area contributed by atoms with Gasteiger partial charge in [0.25, 0.3) is 5.91 Å². The van der Waals surface area contributed by atoms with Gasteiger partial charge in [-0.1, -0.05) is 31.9 Å². The topological polar surface area (TPSA) is 20.3 Å². The van der Waals surface area contributed by atoms with E-state index in [1.54, 1.807) is 0 Å². The Balaban J connectivity index is 2.22. The lowest BCUT2D eigenvalue weighted by molar-refractivity contribution is 0.0754. The average Bonchev–Trinajstić information content (AvgIpc) is 3.09. The van der Waals surface area contributed by atoms with Gasteiger partial charge in [-0.3, -0.25) is 4.79 Å². The Hall–Kier alpha value is -0.350. The van der Waals surface area contributed by atoms with Gasteiger partial charge in [0.15, 0.2) is 0 Å². The van der Waals surface area contributed by atoms with Crippen molar-refractivity contribution in [2.45, 2.75) is 25.8 Å². The second-order valence-electron chi connectivity index (χ2n) is 4.38. The molecule has 1 aliphatic carbocycles. The Labute approximate surface area is 119 Å². The third-order valence-corrected chi connectivity index (χ3v) is 3.84. The molecule has 0 aromatic heterocycles. The molecule has 1 aliphatic rings. The zero-order valence-corrected chi connectivity index (χ0v) is 12.9. The third kappa shape index (κ3) is 3.10. The van der Waals surface area contributed by atoms with Crippen molar-refractivity contribution in [3.05, 3.63) is 33.8 Å². The van der Waals surface area contributed by atoms with E-state index in [-0.39, 0.29) is 5.91 Å². The van der Waals surface area contributed by atoms with Gasteiger partial charge in [0.05, 0.1) is 0 Å². The Kier molecular flexibility index (Phi) is 4.26. The largest absolute Gasteiger partial charge is 0.335 e. The van der Waals surface area contributed by atoms with E-state index in [1.165, 1.54) is 0 Å². The molecule has 1 saturated carbocycles. The Bertz CT molecular complexity index is 429. The molecule has 1 aromatic carbocycles. The van der Waals surface area contributed by atoms with Gasteiger partial charge in [-0.15, -0.1) is 0 Å². The van der Waals surface area contributed by atoms with Crippen LogP contribution in [0.25, 0.3) is 0 Å². The van der Waals surface area contributed by atoms with Crippen LogP contribution in [-0.4, -0.2) is 28.7 Å². The van der Waals surface area contributed by atoms with Crippen LogP contribution in [0.5, 0.6) is 0 Å². The molecular weight excluding hydrogens is 346 g/mol. The molecule has 0 aliphatic heterocycles. The van der Waals surface area contributed by atoms with Crippen LogP contribution in [0.4, 0.5) is 0 Å². The molecule has 0 unspecified atom stereocenters. The van der Waals surface area contributed by atoms with E-state index in [1.807, 2.05) is 30.0 Å². The van der Waals surface area contributed by atoms with Crippen molar-refractivity contribution < 1.29 is 4.79 Å². The predicted octanol–water partition coefficient (Wildman–Crippen LogP) is 3.76. The van der Waals surface area contributed by atoms with E-state index in [9.17, 15) is 4.79 Å². The fourth-order valence-corrected chi connectivity index (χ4v) is 2.81. The first-order chi connectivity index (χ1) is 8.13. The number of nitrogens with zero attached hydrogens (tertiary/aromatic N) is 1. The van der Waals surface area contributed by atoms with Crippen molar-refractivity contribution in [1.29, 1.82) is 0 Å². The van der Waals surface area contributed by atoms with Crippen LogP contribution in [0.15, 0.2) is 22.7 Å². The monoisotopic (exact) mass is 359 g/mol. The minimum absolute atomic E-state index is 0.164. The van der Waals surface area contributed by atoms with Crippen LogP contribution in [0.1, 0.15) is 28.8 Å². The van der Waals surface area contributed by atoms with Crippen molar-refractivity contribution in [2.24, 2.45) is 0 Å². The summed E-state index contributed by atoms with van der Waals surface area (Å²) in [7, 11) is 0. The molecule has 0 N–H and O–H groups in total. The summed E-state index contributed by atoms with van der Waals surface area (Å²) in [6, 6.07) is 6.29. The van der Waals surface area contributed by atoms with Crippen LogP contribution < -0.4 is 0 Å². The van der Waals surface area contributed by atoms with Crippen LogP contribution in [0, 0.1) is 6.92 Å². The maximum absolute atomic E-state index is 12.4. The number of rotatable bonds is 4. The van der Waals surface area contributed by atoms with E-state index < -0.39 is 0 Å². The second-order valence-corrected chi connectivity index (χ2v) is 6.09. The Morgan fingerprint density at radius 2 is 2.18 bits per heavy atom. The van der Waals surface area contributed by atoms with Gasteiger partial charge in [0, 0.05) is 28.0 Å². The molecule has 0 saturated heterocycles. The molecule has 0 spiro atoms. The van der Waals surface area contributed by atoms with E-state index in [0.29, 0.717) is 6.04 Å². The highest BCUT2D eigenvalue weighted by Crippen LogP contribution is 2.29. The van der Waals surface area contributed by atoms with Gasteiger partial charge in [0.1, 0.15) is 0 Å². The van der Waals surface area contributed by atoms with Gasteiger partial charge < -0.3 is 4.90 Å². The number of carbonyl (C=O) groups is 1. The zero-order valence-electron chi connectivity index (χ0n) is 9.75. The van der Waals surface area contributed by atoms with Crippen LogP contribution in [0.3, 0.4) is 0 Å². The molecule has 0 heterocycles. The lowest BCUT2D eigenvalue weighted by atomic mass is 10.1. The highest BCUT2D eigenvalue weighted by Gasteiger charge is 2.32. The van der Waals surface area contributed by atoms with E-state index in [0.717, 1.165) is 40.3 Å². The molecule has 4 heteroatoms. The zero-order chi connectivity index (χ0) is 12.4. The minimum atomic E-state index is 0.164. The Morgan fingerprint density at radius 1 is 1.47 bits per heavy atom. The van der Waals surface area contributed by atoms with Gasteiger partial charge in [-0.25, -0.2) is 0 Å². The number of alkyl halides is 1. The smallest absolute Gasteiger partial charge is 0.254 e. The van der Waals surface area contributed by atoms with Gasteiger partial charge in [-0.2, -0.15) is 0 Å². The lowest BCUT2D eigenvalue weighted by Gasteiger charge is -2.22. The summed E-state index contributed by atoms with van der Waals surface area (Å²) in [6.07, 6.45) is 2.29. The molecule has 1 fully saturated rings. The Morgan fingerprint density at radius 3 is 2.71 bits per heavy atom. The van der Waals surface area contributed by atoms with E-state index in [4.69, 9.17) is 0 Å². The van der Waals surface area contributed by atoms with E-state index >= 15 is 0 Å². The molecule has 0 bridgehead atoms. The SMILES string of the molecule is Cc1cc(Br)ccc1C(=O)N(CCBr)C1CC1. The van der Waals surface area contributed by atoms with Crippen molar-refractivity contribution in [3.63, 3.8) is 0 Å². The fraction of sp³-hybridized carbons (Fsp3) is 0.462. The predicted molar refractivity (Wildman–Crippen MR) is 76.7 cm³/mol. The molecule has 92 valence electrons. The number of hydrogen-bond donors (Lipinski definition) is 0. The molecule has 0 atom stereocenters. The molecule has 17 heavy (non-hydrogen) atoms. The van der Waals surface area contributed by atoms with Crippen LogP contribution in [-0.2, 0) is 0 Å². The van der Waals surface area contributed by atoms with Crippen LogP contribution >= 0.6 is 31.9 Å². The first-order valence-electron chi connectivity index (χ1n) is 5.76. The quantitative estimate of drug-likeness (QED) is 0.748. The maximum atomic E-state index is 12.4. The van der Waals surface area contributed by atoms with Gasteiger partial charge in [-0.05, 0) is 43.5 Å². The first-order valence-corrected chi connectivity index (χ1v) is 7.68. The maximum Gasteiger partial charge on any atom is 0.254 e. The molecule has 0 radical (unpaired) electrons. The summed E-state index contributed by atoms with van der Waals surface area (Å²) < 4.78 is 1.02. The van der Waals surface area contributed by atoms with Crippen molar-refractivity contribution in [3.8, 4) is 0 Å². The van der Waals surface area contributed by atoms with E-state index in [2.05, 4.69) is 31.9 Å². The average molecular weight is 361 g/mol. The first kappa shape index (κ1) is 13.1. The normalized spacial score (nSPS) is 14.8. The summed E-state index contributed by atoms with van der Waals surface area (Å²) in [5.74, 6) is 0.164. The van der Waals surface area contributed by atoms with Crippen molar-refractivity contribution >= 4 is 37.8 Å². The molecule has 2 rings (SSSR count). The number of aryl methyl sites for hydroxylation is 1. The summed E-state index contributed by atoms with van der Waals surface area (Å²) in [6.45, 7) is 2.77. The number of halogens is 2. The minimum Gasteiger partial charge on any atom is -0.335 e. The number of carbonyl (C=O) groups excluding carboxylic acids is 1. The lowest BCUT2D eigenvalue weighted by Crippen LogP contribution is -2.35. The molecule has 2 nitrogen and oxygen atoms in total. The highest BCUT2D eigenvalue weighted by molar-refractivity contribution is 9.10. The highest BCUT2D eigenvalue weighted by atomic mass is 79.9. The summed E-state index contributed by atoms with van der Waals surface area (Å²) >= 11 is 6.84. The summed E-state index contributed by atoms with van der Waals surface area (Å²) in [4.78, 5) is 14.4. The summed E-state index contributed by atoms with van der Waals surface area (Å²) in [5.41, 5.74) is 1.85. The van der Waals surface area contributed by atoms with Crippen molar-refractivity contribution in [2.75, 3.05) is 11.9 Å². The van der Waals surface area contributed by atoms with Crippen molar-refractivity contribution in [1.82, 2.24) is 4.90 Å². The number of hydrogen-bond acceptors (Lipinski definition) is 1. The second kappa shape index (κ2) is 5.53. The number of benzene rings is 1. The third-order valence-electron chi connectivity index (χ3n) is 2.99. The standard InChI is InChI=1S/C13H15Br2NO/c1-9-8-10(15)2-5-12(9)13(17)16(7-6-14)11-3-4-11/h2,5,8,11H,3-4,6-7H2,1H3.